The number of nitrogens with one attached hydrogen (secondary N) is 1. The fourth-order valence-electron chi connectivity index (χ4n) is 3.07. The van der Waals surface area contributed by atoms with Crippen LogP contribution in [0.5, 0.6) is 0 Å². The summed E-state index contributed by atoms with van der Waals surface area (Å²) in [5.74, 6) is 1.38. The van der Waals surface area contributed by atoms with Crippen LogP contribution >= 0.6 is 15.9 Å². The van der Waals surface area contributed by atoms with Crippen molar-refractivity contribution in [3.05, 3.63) is 21.0 Å². The Hall–Kier alpha value is -0.920. The molecule has 2 unspecified atom stereocenters. The molecule has 0 aromatic carbocycles. The van der Waals surface area contributed by atoms with Crippen LogP contribution in [0.4, 0.5) is 5.69 Å². The predicted molar refractivity (Wildman–Crippen MR) is 80.1 cm³/mol. The van der Waals surface area contributed by atoms with Crippen molar-refractivity contribution in [2.75, 3.05) is 44.8 Å². The van der Waals surface area contributed by atoms with Crippen LogP contribution in [0.3, 0.4) is 0 Å². The van der Waals surface area contributed by atoms with E-state index in [0.29, 0.717) is 29.5 Å². The average Bonchev–Trinajstić information content (AvgIpc) is 3.01. The van der Waals surface area contributed by atoms with Gasteiger partial charge in [0.15, 0.2) is 0 Å². The van der Waals surface area contributed by atoms with Gasteiger partial charge in [-0.15, -0.1) is 0 Å². The van der Waals surface area contributed by atoms with Gasteiger partial charge >= 0.3 is 0 Å². The van der Waals surface area contributed by atoms with E-state index in [4.69, 9.17) is 4.74 Å². The van der Waals surface area contributed by atoms with Crippen LogP contribution in [-0.2, 0) is 11.3 Å². The Kier molecular flexibility index (Phi) is 4.09. The van der Waals surface area contributed by atoms with Crippen molar-refractivity contribution in [1.82, 2.24) is 15.1 Å². The number of hydrogen-bond acceptors (Lipinski definition) is 5. The molecule has 6 nitrogen and oxygen atoms in total. The van der Waals surface area contributed by atoms with E-state index in [-0.39, 0.29) is 5.56 Å². The van der Waals surface area contributed by atoms with E-state index in [0.717, 1.165) is 31.9 Å². The van der Waals surface area contributed by atoms with Gasteiger partial charge in [-0.1, -0.05) is 0 Å². The maximum atomic E-state index is 12.3. The summed E-state index contributed by atoms with van der Waals surface area (Å²) >= 11 is 3.44. The highest BCUT2D eigenvalue weighted by atomic mass is 79.9. The van der Waals surface area contributed by atoms with Gasteiger partial charge in [0.25, 0.3) is 5.56 Å². The first kappa shape index (κ1) is 14.0. The van der Waals surface area contributed by atoms with Gasteiger partial charge in [-0.2, -0.15) is 5.10 Å². The van der Waals surface area contributed by atoms with Crippen LogP contribution in [-0.4, -0.2) is 49.7 Å². The van der Waals surface area contributed by atoms with E-state index in [2.05, 4.69) is 31.2 Å². The lowest BCUT2D eigenvalue weighted by Gasteiger charge is -2.21. The fraction of sp³-hybridized carbons (Fsp3) is 0.692. The Morgan fingerprint density at radius 2 is 2.15 bits per heavy atom. The van der Waals surface area contributed by atoms with Crippen molar-refractivity contribution in [3.8, 4) is 0 Å². The summed E-state index contributed by atoms with van der Waals surface area (Å²) in [6.45, 7) is 5.12. The molecule has 1 N–H and O–H groups in total. The van der Waals surface area contributed by atoms with Crippen LogP contribution in [0.25, 0.3) is 0 Å². The zero-order valence-electron chi connectivity index (χ0n) is 11.5. The summed E-state index contributed by atoms with van der Waals surface area (Å²) in [7, 11) is 1.62. The van der Waals surface area contributed by atoms with Gasteiger partial charge in [0, 0.05) is 33.3 Å². The Morgan fingerprint density at radius 1 is 1.45 bits per heavy atom. The molecule has 2 aliphatic rings. The predicted octanol–water partition coefficient (Wildman–Crippen LogP) is 0.308. The average molecular weight is 343 g/mol. The molecule has 3 heterocycles. The molecular weight excluding hydrogens is 324 g/mol. The summed E-state index contributed by atoms with van der Waals surface area (Å²) in [6, 6.07) is 0. The Morgan fingerprint density at radius 3 is 2.80 bits per heavy atom. The van der Waals surface area contributed by atoms with E-state index in [1.165, 1.54) is 4.68 Å². The standard InChI is InChI=1S/C13H19BrN4O2/c1-20-3-2-18-13(19)12(14)11(6-16-18)17-7-9-4-15-5-10(9)8-17/h6,9-10,15H,2-5,7-8H2,1H3. The van der Waals surface area contributed by atoms with E-state index >= 15 is 0 Å². The highest BCUT2D eigenvalue weighted by Crippen LogP contribution is 2.32. The Bertz CT molecular complexity index is 536. The first-order chi connectivity index (χ1) is 9.70. The molecule has 2 fully saturated rings. The van der Waals surface area contributed by atoms with Crippen molar-refractivity contribution in [1.29, 1.82) is 0 Å². The quantitative estimate of drug-likeness (QED) is 0.853. The monoisotopic (exact) mass is 342 g/mol. The fourth-order valence-corrected chi connectivity index (χ4v) is 3.62. The van der Waals surface area contributed by atoms with Crippen molar-refractivity contribution in [2.45, 2.75) is 6.54 Å². The van der Waals surface area contributed by atoms with E-state index < -0.39 is 0 Å². The Labute approximate surface area is 126 Å². The molecule has 0 saturated carbocycles. The topological polar surface area (TPSA) is 59.4 Å². The van der Waals surface area contributed by atoms with E-state index in [1.54, 1.807) is 13.3 Å². The van der Waals surface area contributed by atoms with Crippen LogP contribution in [0.15, 0.2) is 15.5 Å². The zero-order valence-corrected chi connectivity index (χ0v) is 13.1. The first-order valence-electron chi connectivity index (χ1n) is 6.91. The molecule has 110 valence electrons. The van der Waals surface area contributed by atoms with Crippen LogP contribution < -0.4 is 15.8 Å². The molecule has 20 heavy (non-hydrogen) atoms. The summed E-state index contributed by atoms with van der Waals surface area (Å²) < 4.78 is 7.04. The van der Waals surface area contributed by atoms with Gasteiger partial charge in [0.1, 0.15) is 4.47 Å². The van der Waals surface area contributed by atoms with Gasteiger partial charge in [0.05, 0.1) is 25.0 Å². The largest absolute Gasteiger partial charge is 0.383 e. The molecular formula is C13H19BrN4O2. The molecule has 0 radical (unpaired) electrons. The number of fused-ring (bicyclic) bond motifs is 1. The lowest BCUT2D eigenvalue weighted by Crippen LogP contribution is -2.31. The SMILES string of the molecule is COCCn1ncc(N2CC3CNCC3C2)c(Br)c1=O. The molecule has 3 rings (SSSR count). The normalized spacial score (nSPS) is 25.2. The van der Waals surface area contributed by atoms with Crippen molar-refractivity contribution in [3.63, 3.8) is 0 Å². The van der Waals surface area contributed by atoms with Crippen LogP contribution in [0.2, 0.25) is 0 Å². The second kappa shape index (κ2) is 5.83. The summed E-state index contributed by atoms with van der Waals surface area (Å²) in [4.78, 5) is 14.5. The molecule has 2 atom stereocenters. The van der Waals surface area contributed by atoms with Crippen LogP contribution in [0.1, 0.15) is 0 Å². The van der Waals surface area contributed by atoms with Gasteiger partial charge in [-0.05, 0) is 27.8 Å². The lowest BCUT2D eigenvalue weighted by molar-refractivity contribution is 0.181. The number of rotatable bonds is 4. The number of hydrogen-bond donors (Lipinski definition) is 1. The highest BCUT2D eigenvalue weighted by molar-refractivity contribution is 9.10. The van der Waals surface area contributed by atoms with Crippen molar-refractivity contribution in [2.24, 2.45) is 11.8 Å². The molecule has 0 aliphatic carbocycles. The third-order valence-corrected chi connectivity index (χ3v) is 4.95. The van der Waals surface area contributed by atoms with E-state index in [1.807, 2.05) is 0 Å². The van der Waals surface area contributed by atoms with Gasteiger partial charge < -0.3 is 15.0 Å². The molecule has 1 aromatic heterocycles. The maximum absolute atomic E-state index is 12.3. The van der Waals surface area contributed by atoms with Crippen molar-refractivity contribution >= 4 is 21.6 Å². The van der Waals surface area contributed by atoms with Crippen LogP contribution in [0, 0.1) is 11.8 Å². The molecule has 2 saturated heterocycles. The maximum Gasteiger partial charge on any atom is 0.283 e. The third-order valence-electron chi connectivity index (χ3n) is 4.20. The molecule has 0 amide bonds. The molecule has 0 bridgehead atoms. The number of halogens is 1. The molecule has 1 aromatic rings. The molecule has 7 heteroatoms. The number of ether oxygens (including phenoxy) is 1. The number of nitrogens with zero attached hydrogens (tertiary/aromatic N) is 3. The van der Waals surface area contributed by atoms with E-state index in [9.17, 15) is 4.79 Å². The smallest absolute Gasteiger partial charge is 0.283 e. The lowest BCUT2D eigenvalue weighted by atomic mass is 10.0. The van der Waals surface area contributed by atoms with Crippen molar-refractivity contribution < 1.29 is 4.74 Å². The third kappa shape index (κ3) is 2.49. The first-order valence-corrected chi connectivity index (χ1v) is 7.70. The minimum atomic E-state index is -0.0882. The Balaban J connectivity index is 1.81. The number of anilines is 1. The second-order valence-corrected chi connectivity index (χ2v) is 6.24. The van der Waals surface area contributed by atoms with Gasteiger partial charge in [0.2, 0.25) is 0 Å². The highest BCUT2D eigenvalue weighted by Gasteiger charge is 2.37. The number of aromatic nitrogens is 2. The van der Waals surface area contributed by atoms with Gasteiger partial charge in [-0.25, -0.2) is 4.68 Å². The molecule has 0 spiro atoms. The summed E-state index contributed by atoms with van der Waals surface area (Å²) in [6.07, 6.45) is 1.79. The minimum absolute atomic E-state index is 0.0882. The summed E-state index contributed by atoms with van der Waals surface area (Å²) in [5.41, 5.74) is 0.827. The number of methoxy groups -OCH3 is 1. The second-order valence-electron chi connectivity index (χ2n) is 5.45. The minimum Gasteiger partial charge on any atom is -0.383 e. The summed E-state index contributed by atoms with van der Waals surface area (Å²) in [5, 5.41) is 7.67. The molecule has 2 aliphatic heterocycles. The van der Waals surface area contributed by atoms with Gasteiger partial charge in [-0.3, -0.25) is 4.79 Å². The zero-order chi connectivity index (χ0) is 14.1.